The van der Waals surface area contributed by atoms with Crippen molar-refractivity contribution in [3.63, 3.8) is 0 Å². The van der Waals surface area contributed by atoms with E-state index in [2.05, 4.69) is 21.7 Å². The first-order valence-electron chi connectivity index (χ1n) is 9.60. The number of non-ortho nitro benzene ring substituents is 1. The minimum Gasteiger partial charge on any atom is -0.472 e. The van der Waals surface area contributed by atoms with E-state index in [0.717, 1.165) is 68.9 Å². The van der Waals surface area contributed by atoms with Crippen molar-refractivity contribution in [3.05, 3.63) is 46.9 Å². The number of nitrogens with zero attached hydrogens (tertiary/aromatic N) is 4. The van der Waals surface area contributed by atoms with Crippen LogP contribution in [0.1, 0.15) is 12.8 Å². The van der Waals surface area contributed by atoms with Crippen LogP contribution in [0.15, 0.2) is 41.2 Å². The third-order valence-electron chi connectivity index (χ3n) is 5.88. The second-order valence-electron chi connectivity index (χ2n) is 7.53. The Kier molecular flexibility index (Phi) is 5.13. The molecule has 1 aromatic carbocycles. The molecule has 144 valence electrons. The van der Waals surface area contributed by atoms with Crippen LogP contribution in [0.4, 0.5) is 11.4 Å². The zero-order chi connectivity index (χ0) is 18.8. The van der Waals surface area contributed by atoms with Gasteiger partial charge in [-0.25, -0.2) is 0 Å². The molecule has 0 N–H and O–H groups in total. The van der Waals surface area contributed by atoms with Gasteiger partial charge >= 0.3 is 0 Å². The van der Waals surface area contributed by atoms with Crippen molar-refractivity contribution >= 4 is 11.4 Å². The molecule has 2 fully saturated rings. The average Bonchev–Trinajstić information content (AvgIpc) is 3.23. The summed E-state index contributed by atoms with van der Waals surface area (Å²) in [7, 11) is 2.19. The summed E-state index contributed by atoms with van der Waals surface area (Å²) in [5.41, 5.74) is 2.92. The Hall–Kier alpha value is -2.38. The summed E-state index contributed by atoms with van der Waals surface area (Å²) >= 11 is 0. The number of nitro benzene ring substituents is 1. The Bertz CT molecular complexity index is 777. The predicted molar refractivity (Wildman–Crippen MR) is 105 cm³/mol. The molecule has 7 heteroatoms. The first-order chi connectivity index (χ1) is 13.1. The van der Waals surface area contributed by atoms with Gasteiger partial charge in [-0.1, -0.05) is 0 Å². The van der Waals surface area contributed by atoms with E-state index in [1.54, 1.807) is 24.7 Å². The molecule has 3 heterocycles. The van der Waals surface area contributed by atoms with Crippen LogP contribution in [0, 0.1) is 10.1 Å². The van der Waals surface area contributed by atoms with Gasteiger partial charge in [-0.15, -0.1) is 0 Å². The maximum atomic E-state index is 11.2. The van der Waals surface area contributed by atoms with Gasteiger partial charge in [0.15, 0.2) is 0 Å². The molecule has 0 aliphatic carbocycles. The summed E-state index contributed by atoms with van der Waals surface area (Å²) in [5, 5.41) is 11.2. The highest BCUT2D eigenvalue weighted by Gasteiger charge is 2.28. The molecule has 0 bridgehead atoms. The van der Waals surface area contributed by atoms with Crippen LogP contribution in [0.3, 0.4) is 0 Å². The highest BCUT2D eigenvalue weighted by atomic mass is 16.6. The Morgan fingerprint density at radius 1 is 1.07 bits per heavy atom. The highest BCUT2D eigenvalue weighted by Crippen LogP contribution is 2.36. The first-order valence-corrected chi connectivity index (χ1v) is 9.60. The monoisotopic (exact) mass is 370 g/mol. The lowest BCUT2D eigenvalue weighted by molar-refractivity contribution is -0.384. The van der Waals surface area contributed by atoms with Crippen LogP contribution < -0.4 is 4.90 Å². The van der Waals surface area contributed by atoms with Crippen molar-refractivity contribution in [1.82, 2.24) is 9.80 Å². The largest absolute Gasteiger partial charge is 0.472 e. The number of rotatable bonds is 4. The van der Waals surface area contributed by atoms with E-state index in [0.29, 0.717) is 6.04 Å². The number of hydrogen-bond acceptors (Lipinski definition) is 6. The van der Waals surface area contributed by atoms with Crippen LogP contribution in [-0.2, 0) is 0 Å². The Morgan fingerprint density at radius 3 is 2.44 bits per heavy atom. The third-order valence-corrected chi connectivity index (χ3v) is 5.88. The summed E-state index contributed by atoms with van der Waals surface area (Å²) in [6.07, 6.45) is 5.52. The minimum atomic E-state index is -0.340. The number of nitro groups is 1. The van der Waals surface area contributed by atoms with Gasteiger partial charge in [-0.3, -0.25) is 15.0 Å². The second-order valence-corrected chi connectivity index (χ2v) is 7.53. The van der Waals surface area contributed by atoms with Crippen LogP contribution >= 0.6 is 0 Å². The van der Waals surface area contributed by atoms with E-state index in [4.69, 9.17) is 4.42 Å². The molecule has 7 nitrogen and oxygen atoms in total. The third kappa shape index (κ3) is 3.84. The molecule has 2 aromatic rings. The zero-order valence-corrected chi connectivity index (χ0v) is 15.7. The van der Waals surface area contributed by atoms with Crippen molar-refractivity contribution in [1.29, 1.82) is 0 Å². The predicted octanol–water partition coefficient (Wildman–Crippen LogP) is 3.07. The molecule has 2 aliphatic rings. The van der Waals surface area contributed by atoms with Gasteiger partial charge in [-0.2, -0.15) is 0 Å². The first kappa shape index (κ1) is 18.0. The minimum absolute atomic E-state index is 0.113. The smallest absolute Gasteiger partial charge is 0.270 e. The number of piperazine rings is 1. The van der Waals surface area contributed by atoms with Gasteiger partial charge in [-0.05, 0) is 32.0 Å². The normalized spacial score (nSPS) is 20.1. The summed E-state index contributed by atoms with van der Waals surface area (Å²) in [4.78, 5) is 18.2. The van der Waals surface area contributed by atoms with Crippen LogP contribution in [0.25, 0.3) is 11.1 Å². The molecular formula is C20H26N4O3. The van der Waals surface area contributed by atoms with Gasteiger partial charge in [0.05, 0.1) is 17.4 Å². The van der Waals surface area contributed by atoms with Crippen molar-refractivity contribution in [2.75, 3.05) is 51.2 Å². The number of furan rings is 1. The molecule has 0 spiro atoms. The fourth-order valence-corrected chi connectivity index (χ4v) is 4.22. The molecular weight excluding hydrogens is 344 g/mol. The molecule has 0 atom stereocenters. The lowest BCUT2D eigenvalue weighted by atomic mass is 9.99. The number of piperidine rings is 1. The van der Waals surface area contributed by atoms with Crippen LogP contribution in [0.5, 0.6) is 0 Å². The van der Waals surface area contributed by atoms with E-state index < -0.39 is 0 Å². The van der Waals surface area contributed by atoms with Crippen molar-refractivity contribution in [2.24, 2.45) is 0 Å². The molecule has 2 saturated heterocycles. The van der Waals surface area contributed by atoms with Crippen molar-refractivity contribution < 1.29 is 9.34 Å². The number of benzene rings is 1. The molecule has 27 heavy (non-hydrogen) atoms. The standard InChI is InChI=1S/C20H26N4O3/c1-21-9-11-22(12-10-21)17-4-7-23(8-5-17)20-3-2-18(24(25)26)14-19(20)16-6-13-27-15-16/h2-3,6,13-15,17H,4-5,7-12H2,1H3. The number of likely N-dealkylation sites (N-methyl/N-ethyl adjacent to an activating group) is 1. The maximum Gasteiger partial charge on any atom is 0.270 e. The average molecular weight is 370 g/mol. The van der Waals surface area contributed by atoms with Crippen molar-refractivity contribution in [2.45, 2.75) is 18.9 Å². The van der Waals surface area contributed by atoms with E-state index >= 15 is 0 Å². The van der Waals surface area contributed by atoms with Gasteiger partial charge in [0, 0.05) is 74.3 Å². The van der Waals surface area contributed by atoms with Gasteiger partial charge in [0.1, 0.15) is 0 Å². The Labute approximate surface area is 159 Å². The van der Waals surface area contributed by atoms with E-state index in [1.807, 2.05) is 12.1 Å². The maximum absolute atomic E-state index is 11.2. The molecule has 0 amide bonds. The Balaban J connectivity index is 1.50. The topological polar surface area (TPSA) is 66.0 Å². The number of hydrogen-bond donors (Lipinski definition) is 0. The fourth-order valence-electron chi connectivity index (χ4n) is 4.22. The summed E-state index contributed by atoms with van der Waals surface area (Å²) in [6.45, 7) is 6.54. The summed E-state index contributed by atoms with van der Waals surface area (Å²) in [5.74, 6) is 0. The summed E-state index contributed by atoms with van der Waals surface area (Å²) < 4.78 is 5.22. The lowest BCUT2D eigenvalue weighted by Crippen LogP contribution is -2.52. The van der Waals surface area contributed by atoms with Gasteiger partial charge < -0.3 is 14.2 Å². The van der Waals surface area contributed by atoms with E-state index in [-0.39, 0.29) is 10.6 Å². The van der Waals surface area contributed by atoms with E-state index in [9.17, 15) is 10.1 Å². The van der Waals surface area contributed by atoms with E-state index in [1.165, 1.54) is 0 Å². The van der Waals surface area contributed by atoms with Gasteiger partial charge in [0.2, 0.25) is 0 Å². The highest BCUT2D eigenvalue weighted by molar-refractivity contribution is 5.80. The fraction of sp³-hybridized carbons (Fsp3) is 0.500. The van der Waals surface area contributed by atoms with Crippen LogP contribution in [0.2, 0.25) is 0 Å². The second kappa shape index (κ2) is 7.70. The molecule has 2 aliphatic heterocycles. The Morgan fingerprint density at radius 2 is 1.81 bits per heavy atom. The SMILES string of the molecule is CN1CCN(C2CCN(c3ccc([N+](=O)[O-])cc3-c3ccoc3)CC2)CC1. The molecule has 4 rings (SSSR count). The lowest BCUT2D eigenvalue weighted by Gasteiger charge is -2.42. The molecule has 0 unspecified atom stereocenters. The number of anilines is 1. The van der Waals surface area contributed by atoms with Gasteiger partial charge in [0.25, 0.3) is 5.69 Å². The summed E-state index contributed by atoms with van der Waals surface area (Å²) in [6, 6.07) is 7.65. The molecule has 0 saturated carbocycles. The van der Waals surface area contributed by atoms with Crippen molar-refractivity contribution in [3.8, 4) is 11.1 Å². The molecule has 1 aromatic heterocycles. The zero-order valence-electron chi connectivity index (χ0n) is 15.7. The molecule has 0 radical (unpaired) electrons. The van der Waals surface area contributed by atoms with Crippen LogP contribution in [-0.4, -0.2) is 67.1 Å². The quantitative estimate of drug-likeness (QED) is 0.609.